The van der Waals surface area contributed by atoms with Gasteiger partial charge in [-0.15, -0.1) is 0 Å². The Balaban J connectivity index is 1.61. The Labute approximate surface area is 163 Å². The van der Waals surface area contributed by atoms with Gasteiger partial charge in [0.1, 0.15) is 6.04 Å². The summed E-state index contributed by atoms with van der Waals surface area (Å²) in [5.74, 6) is 1.01. The number of benzene rings is 2. The Morgan fingerprint density at radius 1 is 1.19 bits per heavy atom. The lowest BCUT2D eigenvalue weighted by atomic mass is 10.0. The first-order valence-electron chi connectivity index (χ1n) is 9.09. The van der Waals surface area contributed by atoms with Gasteiger partial charge in [-0.05, 0) is 56.5 Å². The number of aromatic nitrogens is 2. The van der Waals surface area contributed by atoms with Crippen LogP contribution in [0, 0.1) is 6.92 Å². The van der Waals surface area contributed by atoms with Crippen molar-refractivity contribution in [3.05, 3.63) is 70.6 Å². The smallest absolute Gasteiger partial charge is 0.254 e. The van der Waals surface area contributed by atoms with Crippen molar-refractivity contribution in [1.82, 2.24) is 15.0 Å². The van der Waals surface area contributed by atoms with Crippen LogP contribution in [0.25, 0.3) is 11.4 Å². The fourth-order valence-electron chi connectivity index (χ4n) is 3.46. The van der Waals surface area contributed by atoms with E-state index >= 15 is 0 Å². The number of aryl methyl sites for hydroxylation is 1. The van der Waals surface area contributed by atoms with E-state index in [0.29, 0.717) is 28.8 Å². The molecule has 1 fully saturated rings. The van der Waals surface area contributed by atoms with Gasteiger partial charge in [-0.1, -0.05) is 40.5 Å². The van der Waals surface area contributed by atoms with Crippen LogP contribution in [0.5, 0.6) is 0 Å². The lowest BCUT2D eigenvalue weighted by molar-refractivity contribution is 0.0561. The first-order chi connectivity index (χ1) is 13.1. The largest absolute Gasteiger partial charge is 0.337 e. The second kappa shape index (κ2) is 7.53. The molecule has 27 heavy (non-hydrogen) atoms. The molecule has 1 unspecified atom stereocenters. The third-order valence-electron chi connectivity index (χ3n) is 4.86. The van der Waals surface area contributed by atoms with Gasteiger partial charge in [0.25, 0.3) is 5.91 Å². The van der Waals surface area contributed by atoms with E-state index in [1.54, 1.807) is 24.3 Å². The lowest BCUT2D eigenvalue weighted by Crippen LogP contribution is -2.38. The molecule has 2 heterocycles. The molecule has 1 amide bonds. The van der Waals surface area contributed by atoms with Gasteiger partial charge in [-0.3, -0.25) is 4.79 Å². The summed E-state index contributed by atoms with van der Waals surface area (Å²) >= 11 is 5.94. The normalized spacial score (nSPS) is 17.1. The molecule has 1 aliphatic heterocycles. The fourth-order valence-corrected chi connectivity index (χ4v) is 3.59. The van der Waals surface area contributed by atoms with E-state index in [9.17, 15) is 4.79 Å². The van der Waals surface area contributed by atoms with Crippen LogP contribution < -0.4 is 0 Å². The maximum atomic E-state index is 13.0. The summed E-state index contributed by atoms with van der Waals surface area (Å²) in [5, 5.41) is 4.75. The summed E-state index contributed by atoms with van der Waals surface area (Å²) in [4.78, 5) is 19.4. The third-order valence-corrected chi connectivity index (χ3v) is 5.11. The lowest BCUT2D eigenvalue weighted by Gasteiger charge is -2.33. The molecule has 3 aromatic rings. The van der Waals surface area contributed by atoms with E-state index in [2.05, 4.69) is 10.1 Å². The molecule has 6 heteroatoms. The number of likely N-dealkylation sites (tertiary alicyclic amines) is 1. The highest BCUT2D eigenvalue weighted by Crippen LogP contribution is 2.32. The number of rotatable bonds is 3. The van der Waals surface area contributed by atoms with Crippen molar-refractivity contribution in [2.45, 2.75) is 32.2 Å². The minimum atomic E-state index is -0.201. The molecule has 1 aromatic heterocycles. The summed E-state index contributed by atoms with van der Waals surface area (Å²) in [5.41, 5.74) is 2.66. The summed E-state index contributed by atoms with van der Waals surface area (Å²) in [7, 11) is 0. The molecule has 0 bridgehead atoms. The second-order valence-corrected chi connectivity index (χ2v) is 7.28. The molecule has 1 aliphatic rings. The van der Waals surface area contributed by atoms with E-state index < -0.39 is 0 Å². The van der Waals surface area contributed by atoms with Crippen molar-refractivity contribution in [2.75, 3.05) is 6.54 Å². The van der Waals surface area contributed by atoms with Gasteiger partial charge in [0.05, 0.1) is 0 Å². The van der Waals surface area contributed by atoms with Crippen LogP contribution in [0.4, 0.5) is 0 Å². The van der Waals surface area contributed by atoms with Crippen LogP contribution in [-0.4, -0.2) is 27.5 Å². The van der Waals surface area contributed by atoms with Crippen LogP contribution in [0.15, 0.2) is 53.1 Å². The van der Waals surface area contributed by atoms with Crippen molar-refractivity contribution in [3.63, 3.8) is 0 Å². The Morgan fingerprint density at radius 3 is 2.78 bits per heavy atom. The molecule has 1 saturated heterocycles. The molecule has 0 aliphatic carbocycles. The number of amides is 1. The average molecular weight is 382 g/mol. The first-order valence-corrected chi connectivity index (χ1v) is 9.47. The van der Waals surface area contributed by atoms with Gasteiger partial charge >= 0.3 is 0 Å². The second-order valence-electron chi connectivity index (χ2n) is 6.84. The fraction of sp³-hybridized carbons (Fsp3) is 0.286. The van der Waals surface area contributed by atoms with Crippen LogP contribution >= 0.6 is 11.6 Å². The van der Waals surface area contributed by atoms with Gasteiger partial charge < -0.3 is 9.42 Å². The number of hydrogen-bond donors (Lipinski definition) is 0. The molecule has 138 valence electrons. The highest BCUT2D eigenvalue weighted by atomic mass is 35.5. The number of piperidine rings is 1. The van der Waals surface area contributed by atoms with Crippen LogP contribution in [0.1, 0.15) is 47.1 Å². The molecule has 2 aromatic carbocycles. The quantitative estimate of drug-likeness (QED) is 0.635. The molecule has 0 spiro atoms. The SMILES string of the molecule is Cc1cccc(-c2noc(C3CCCCN3C(=O)c3ccc(Cl)cc3)n2)c1. The summed E-state index contributed by atoms with van der Waals surface area (Å²) < 4.78 is 5.56. The number of halogens is 1. The van der Waals surface area contributed by atoms with Crippen LogP contribution in [0.3, 0.4) is 0 Å². The monoisotopic (exact) mass is 381 g/mol. The molecule has 4 rings (SSSR count). The molecule has 1 atom stereocenters. The van der Waals surface area contributed by atoms with Crippen molar-refractivity contribution in [3.8, 4) is 11.4 Å². The zero-order chi connectivity index (χ0) is 18.8. The van der Waals surface area contributed by atoms with E-state index in [0.717, 1.165) is 30.4 Å². The third kappa shape index (κ3) is 3.74. The average Bonchev–Trinajstić information content (AvgIpc) is 3.18. The van der Waals surface area contributed by atoms with Gasteiger partial charge in [0, 0.05) is 22.7 Å². The zero-order valence-corrected chi connectivity index (χ0v) is 15.8. The van der Waals surface area contributed by atoms with Gasteiger partial charge in [-0.25, -0.2) is 0 Å². The van der Waals surface area contributed by atoms with Gasteiger partial charge in [0.2, 0.25) is 11.7 Å². The summed E-state index contributed by atoms with van der Waals surface area (Å²) in [6.07, 6.45) is 2.81. The zero-order valence-electron chi connectivity index (χ0n) is 15.1. The van der Waals surface area contributed by atoms with E-state index in [1.165, 1.54) is 0 Å². The predicted octanol–water partition coefficient (Wildman–Crippen LogP) is 5.07. The van der Waals surface area contributed by atoms with Crippen molar-refractivity contribution in [1.29, 1.82) is 0 Å². The van der Waals surface area contributed by atoms with Crippen LogP contribution in [-0.2, 0) is 0 Å². The highest BCUT2D eigenvalue weighted by molar-refractivity contribution is 6.30. The Hall–Kier alpha value is -2.66. The summed E-state index contributed by atoms with van der Waals surface area (Å²) in [6.45, 7) is 2.70. The minimum absolute atomic E-state index is 0.0355. The molecule has 0 saturated carbocycles. The van der Waals surface area contributed by atoms with Gasteiger partial charge in [-0.2, -0.15) is 4.98 Å². The molecule has 5 nitrogen and oxygen atoms in total. The maximum absolute atomic E-state index is 13.0. The predicted molar refractivity (Wildman–Crippen MR) is 104 cm³/mol. The number of nitrogens with zero attached hydrogens (tertiary/aromatic N) is 3. The van der Waals surface area contributed by atoms with Crippen molar-refractivity contribution >= 4 is 17.5 Å². The number of carbonyl (C=O) groups excluding carboxylic acids is 1. The van der Waals surface area contributed by atoms with Crippen molar-refractivity contribution in [2.24, 2.45) is 0 Å². The van der Waals surface area contributed by atoms with Crippen molar-refractivity contribution < 1.29 is 9.32 Å². The van der Waals surface area contributed by atoms with Gasteiger partial charge in [0.15, 0.2) is 0 Å². The highest BCUT2D eigenvalue weighted by Gasteiger charge is 2.32. The maximum Gasteiger partial charge on any atom is 0.254 e. The first kappa shape index (κ1) is 17.7. The van der Waals surface area contributed by atoms with E-state index in [4.69, 9.17) is 16.1 Å². The van der Waals surface area contributed by atoms with Crippen LogP contribution in [0.2, 0.25) is 5.02 Å². The minimum Gasteiger partial charge on any atom is -0.337 e. The molecule has 0 N–H and O–H groups in total. The van der Waals surface area contributed by atoms with E-state index in [-0.39, 0.29) is 11.9 Å². The Bertz CT molecular complexity index is 952. The Kier molecular flexibility index (Phi) is 4.94. The molecular weight excluding hydrogens is 362 g/mol. The number of carbonyl (C=O) groups is 1. The molecular formula is C21H20ClN3O2. The molecule has 0 radical (unpaired) electrons. The number of hydrogen-bond acceptors (Lipinski definition) is 4. The van der Waals surface area contributed by atoms with E-state index in [1.807, 2.05) is 36.1 Å². The Morgan fingerprint density at radius 2 is 2.00 bits per heavy atom. The standard InChI is InChI=1S/C21H20ClN3O2/c1-14-5-4-6-16(13-14)19-23-20(27-24-19)18-7-2-3-12-25(18)21(26)15-8-10-17(22)11-9-15/h4-6,8-11,13,18H,2-3,7,12H2,1H3. The topological polar surface area (TPSA) is 59.2 Å². The summed E-state index contributed by atoms with van der Waals surface area (Å²) in [6, 6.07) is 14.7.